The quantitative estimate of drug-likeness (QED) is 0.579. The van der Waals surface area contributed by atoms with Gasteiger partial charge in [0, 0.05) is 0 Å². The van der Waals surface area contributed by atoms with E-state index in [1.807, 2.05) is 0 Å². The molecule has 1 amide bonds. The van der Waals surface area contributed by atoms with Crippen LogP contribution >= 0.6 is 0 Å². The van der Waals surface area contributed by atoms with Gasteiger partial charge in [-0.15, -0.1) is 0 Å². The number of benzene rings is 1. The summed E-state index contributed by atoms with van der Waals surface area (Å²) in [5, 5.41) is 0. The van der Waals surface area contributed by atoms with Crippen LogP contribution in [-0.2, 0) is 9.63 Å². The van der Waals surface area contributed by atoms with E-state index >= 15 is 0 Å². The average Bonchev–Trinajstić information content (AvgIpc) is 2.41. The maximum Gasteiger partial charge on any atom is 0.281 e. The molecule has 0 saturated heterocycles. The number of nitrogens with one attached hydrogen (secondary N) is 1. The maximum atomic E-state index is 11.4. The maximum absolute atomic E-state index is 11.4. The summed E-state index contributed by atoms with van der Waals surface area (Å²) in [6, 6.07) is 7.02. The zero-order valence-electron chi connectivity index (χ0n) is 11.6. The molecular weight excluding hydrogens is 246 g/mol. The molecule has 19 heavy (non-hydrogen) atoms. The summed E-state index contributed by atoms with van der Waals surface area (Å²) in [7, 11) is 1.60. The molecule has 0 unspecified atom stereocenters. The minimum absolute atomic E-state index is 0.0754. The molecule has 0 bridgehead atoms. The fourth-order valence-corrected chi connectivity index (χ4v) is 1.28. The second-order valence-corrected chi connectivity index (χ2v) is 4.52. The lowest BCUT2D eigenvalue weighted by molar-refractivity contribution is -0.135. The Morgan fingerprint density at radius 1 is 1.21 bits per heavy atom. The number of carbonyl (C=O) groups is 1. The van der Waals surface area contributed by atoms with E-state index in [4.69, 9.17) is 14.3 Å². The summed E-state index contributed by atoms with van der Waals surface area (Å²) in [6.07, 6.45) is 0.902. The number of hydrogen-bond acceptors (Lipinski definition) is 4. The highest BCUT2D eigenvalue weighted by Gasteiger charge is 2.03. The number of rotatable bonds is 8. The van der Waals surface area contributed by atoms with E-state index in [9.17, 15) is 4.79 Å². The van der Waals surface area contributed by atoms with Gasteiger partial charge in [-0.05, 0) is 36.6 Å². The van der Waals surface area contributed by atoms with Gasteiger partial charge in [-0.2, -0.15) is 0 Å². The van der Waals surface area contributed by atoms with Crippen LogP contribution in [0.2, 0.25) is 0 Å². The van der Waals surface area contributed by atoms with Gasteiger partial charge in [-0.3, -0.25) is 9.63 Å². The van der Waals surface area contributed by atoms with E-state index in [0.717, 1.165) is 12.2 Å². The number of ether oxygens (including phenoxy) is 2. The Bertz CT molecular complexity index is 376. The van der Waals surface area contributed by atoms with Crippen molar-refractivity contribution < 1.29 is 19.1 Å². The Balaban J connectivity index is 2.18. The third-order valence-electron chi connectivity index (χ3n) is 2.41. The first kappa shape index (κ1) is 15.3. The van der Waals surface area contributed by atoms with E-state index in [2.05, 4.69) is 19.3 Å². The first-order valence-corrected chi connectivity index (χ1v) is 6.29. The van der Waals surface area contributed by atoms with Gasteiger partial charge in [0.05, 0.1) is 13.7 Å². The molecule has 0 aliphatic heterocycles. The highest BCUT2D eigenvalue weighted by Crippen LogP contribution is 2.16. The number of methoxy groups -OCH3 is 1. The fraction of sp³-hybridized carbons (Fsp3) is 0.500. The molecule has 0 heterocycles. The minimum atomic E-state index is -0.306. The Kier molecular flexibility index (Phi) is 6.74. The van der Waals surface area contributed by atoms with Crippen molar-refractivity contribution in [3.8, 4) is 11.5 Å². The van der Waals surface area contributed by atoms with Gasteiger partial charge in [-0.1, -0.05) is 13.8 Å². The van der Waals surface area contributed by atoms with Crippen LogP contribution in [0, 0.1) is 5.92 Å². The first-order valence-electron chi connectivity index (χ1n) is 6.29. The monoisotopic (exact) mass is 267 g/mol. The average molecular weight is 267 g/mol. The topological polar surface area (TPSA) is 56.8 Å². The summed E-state index contributed by atoms with van der Waals surface area (Å²) in [6.45, 7) is 4.62. The zero-order valence-corrected chi connectivity index (χ0v) is 11.6. The van der Waals surface area contributed by atoms with Gasteiger partial charge in [-0.25, -0.2) is 5.48 Å². The molecule has 0 aromatic heterocycles. The Morgan fingerprint density at radius 3 is 2.42 bits per heavy atom. The van der Waals surface area contributed by atoms with E-state index in [1.54, 1.807) is 31.4 Å². The van der Waals surface area contributed by atoms with Crippen LogP contribution in [0.15, 0.2) is 24.3 Å². The summed E-state index contributed by atoms with van der Waals surface area (Å²) >= 11 is 0. The van der Waals surface area contributed by atoms with Crippen molar-refractivity contribution in [1.82, 2.24) is 5.48 Å². The Labute approximate surface area is 113 Å². The third-order valence-corrected chi connectivity index (χ3v) is 2.41. The minimum Gasteiger partial charge on any atom is -0.497 e. The third kappa shape index (κ3) is 6.67. The fourth-order valence-electron chi connectivity index (χ4n) is 1.28. The van der Waals surface area contributed by atoms with Gasteiger partial charge >= 0.3 is 0 Å². The van der Waals surface area contributed by atoms with Crippen molar-refractivity contribution >= 4 is 5.91 Å². The zero-order chi connectivity index (χ0) is 14.1. The molecule has 106 valence electrons. The van der Waals surface area contributed by atoms with Crippen molar-refractivity contribution in [2.24, 2.45) is 5.92 Å². The summed E-state index contributed by atoms with van der Waals surface area (Å²) in [5.74, 6) is 1.60. The van der Waals surface area contributed by atoms with Crippen molar-refractivity contribution in [2.75, 3.05) is 20.3 Å². The second-order valence-electron chi connectivity index (χ2n) is 4.52. The van der Waals surface area contributed by atoms with Gasteiger partial charge in [0.25, 0.3) is 5.91 Å². The van der Waals surface area contributed by atoms with E-state index < -0.39 is 0 Å². The van der Waals surface area contributed by atoms with Gasteiger partial charge < -0.3 is 9.47 Å². The summed E-state index contributed by atoms with van der Waals surface area (Å²) in [4.78, 5) is 16.4. The standard InChI is InChI=1S/C14H21NO4/c1-11(2)8-9-19-15-14(16)10-18-13-6-4-12(17-3)5-7-13/h4-7,11H,8-10H2,1-3H3,(H,15,16). The van der Waals surface area contributed by atoms with Crippen molar-refractivity contribution in [1.29, 1.82) is 0 Å². The van der Waals surface area contributed by atoms with Crippen LogP contribution < -0.4 is 15.0 Å². The lowest BCUT2D eigenvalue weighted by atomic mass is 10.1. The van der Waals surface area contributed by atoms with Crippen LogP contribution in [-0.4, -0.2) is 26.2 Å². The molecule has 5 nitrogen and oxygen atoms in total. The Morgan fingerprint density at radius 2 is 1.84 bits per heavy atom. The molecule has 0 aliphatic rings. The largest absolute Gasteiger partial charge is 0.497 e. The summed E-state index contributed by atoms with van der Waals surface area (Å²) in [5.41, 5.74) is 2.34. The smallest absolute Gasteiger partial charge is 0.281 e. The molecule has 1 aromatic carbocycles. The molecule has 0 saturated carbocycles. The van der Waals surface area contributed by atoms with Gasteiger partial charge in [0.1, 0.15) is 11.5 Å². The molecule has 0 radical (unpaired) electrons. The summed E-state index contributed by atoms with van der Waals surface area (Å²) < 4.78 is 10.3. The number of amides is 1. The van der Waals surface area contributed by atoms with Gasteiger partial charge in [0.15, 0.2) is 6.61 Å². The predicted octanol–water partition coefficient (Wildman–Crippen LogP) is 2.17. The molecule has 1 N–H and O–H groups in total. The van der Waals surface area contributed by atoms with Crippen molar-refractivity contribution in [3.63, 3.8) is 0 Å². The van der Waals surface area contributed by atoms with Crippen LogP contribution in [0.4, 0.5) is 0 Å². The molecule has 0 spiro atoms. The van der Waals surface area contributed by atoms with Crippen LogP contribution in [0.1, 0.15) is 20.3 Å². The molecule has 5 heteroatoms. The van der Waals surface area contributed by atoms with Crippen molar-refractivity contribution in [3.05, 3.63) is 24.3 Å². The molecule has 0 atom stereocenters. The van der Waals surface area contributed by atoms with Crippen LogP contribution in [0.3, 0.4) is 0 Å². The lowest BCUT2D eigenvalue weighted by Crippen LogP contribution is -2.29. The van der Waals surface area contributed by atoms with Crippen LogP contribution in [0.25, 0.3) is 0 Å². The highest BCUT2D eigenvalue weighted by atomic mass is 16.7. The van der Waals surface area contributed by atoms with Crippen LogP contribution in [0.5, 0.6) is 11.5 Å². The lowest BCUT2D eigenvalue weighted by Gasteiger charge is -2.09. The predicted molar refractivity (Wildman–Crippen MR) is 72.0 cm³/mol. The normalized spacial score (nSPS) is 10.3. The highest BCUT2D eigenvalue weighted by molar-refractivity contribution is 5.76. The molecule has 0 fully saturated rings. The van der Waals surface area contributed by atoms with Gasteiger partial charge in [0.2, 0.25) is 0 Å². The van der Waals surface area contributed by atoms with E-state index in [-0.39, 0.29) is 12.5 Å². The number of hydroxylamine groups is 1. The van der Waals surface area contributed by atoms with Crippen molar-refractivity contribution in [2.45, 2.75) is 20.3 Å². The Hall–Kier alpha value is -1.75. The molecule has 0 aliphatic carbocycles. The molecule has 1 rings (SSSR count). The second kappa shape index (κ2) is 8.37. The van der Waals surface area contributed by atoms with E-state index in [1.165, 1.54) is 0 Å². The number of carbonyl (C=O) groups excluding carboxylic acids is 1. The first-order chi connectivity index (χ1) is 9.11. The number of hydrogen-bond donors (Lipinski definition) is 1. The molecule has 1 aromatic rings. The SMILES string of the molecule is COc1ccc(OCC(=O)NOCCC(C)C)cc1. The van der Waals surface area contributed by atoms with E-state index in [0.29, 0.717) is 18.3 Å². The molecular formula is C14H21NO4.